The molecule has 0 radical (unpaired) electrons. The number of nitrogens with one attached hydrogen (secondary N) is 2. The van der Waals surface area contributed by atoms with E-state index in [2.05, 4.69) is 10.6 Å². The number of Topliss-reactive ketones (excluding diaryl/α,β-unsaturated/α-hetero) is 1. The third kappa shape index (κ3) is 5.21. The monoisotopic (exact) mass is 326 g/mol. The van der Waals surface area contributed by atoms with Crippen LogP contribution >= 0.6 is 0 Å². The van der Waals surface area contributed by atoms with Crippen LogP contribution in [0.5, 0.6) is 0 Å². The number of urea groups is 1. The van der Waals surface area contributed by atoms with Crippen molar-refractivity contribution in [2.45, 2.75) is 19.3 Å². The molecular formula is C19H22N2O3. The topological polar surface area (TPSA) is 78.4 Å². The van der Waals surface area contributed by atoms with Crippen molar-refractivity contribution in [3.8, 4) is 0 Å². The van der Waals surface area contributed by atoms with Crippen molar-refractivity contribution in [3.63, 3.8) is 0 Å². The highest BCUT2D eigenvalue weighted by Gasteiger charge is 2.12. The standard InChI is InChI=1S/C19H22N2O3/c1-14(23)16-8-5-9-18(12-16)21-19(24)20-13-17(10-11-22)15-6-3-2-4-7-15/h2-9,12,17,22H,10-11,13H2,1H3,(H2,20,21,24). The van der Waals surface area contributed by atoms with Crippen molar-refractivity contribution in [1.29, 1.82) is 0 Å². The highest BCUT2D eigenvalue weighted by molar-refractivity contribution is 5.96. The molecule has 5 heteroatoms. The molecule has 2 amide bonds. The van der Waals surface area contributed by atoms with Gasteiger partial charge in [0, 0.05) is 30.3 Å². The van der Waals surface area contributed by atoms with E-state index < -0.39 is 0 Å². The lowest BCUT2D eigenvalue weighted by molar-refractivity contribution is 0.101. The summed E-state index contributed by atoms with van der Waals surface area (Å²) in [6.45, 7) is 1.96. The molecule has 5 nitrogen and oxygen atoms in total. The van der Waals surface area contributed by atoms with Gasteiger partial charge in [0.15, 0.2) is 5.78 Å². The van der Waals surface area contributed by atoms with Crippen LogP contribution in [-0.4, -0.2) is 30.1 Å². The molecule has 0 spiro atoms. The van der Waals surface area contributed by atoms with Crippen LogP contribution in [0.25, 0.3) is 0 Å². The summed E-state index contributed by atoms with van der Waals surface area (Å²) >= 11 is 0. The maximum Gasteiger partial charge on any atom is 0.319 e. The molecule has 1 atom stereocenters. The van der Waals surface area contributed by atoms with Crippen LogP contribution in [0.1, 0.15) is 35.2 Å². The van der Waals surface area contributed by atoms with Gasteiger partial charge in [0.05, 0.1) is 0 Å². The summed E-state index contributed by atoms with van der Waals surface area (Å²) < 4.78 is 0. The summed E-state index contributed by atoms with van der Waals surface area (Å²) in [5.41, 5.74) is 2.19. The Hall–Kier alpha value is -2.66. The molecule has 0 saturated heterocycles. The molecule has 2 aromatic rings. The number of rotatable bonds is 7. The fourth-order valence-corrected chi connectivity index (χ4v) is 2.47. The molecule has 126 valence electrons. The Kier molecular flexibility index (Phi) is 6.51. The average Bonchev–Trinajstić information content (AvgIpc) is 2.59. The molecule has 1 unspecified atom stereocenters. The van der Waals surface area contributed by atoms with Crippen LogP contribution in [0.4, 0.5) is 10.5 Å². The first-order chi connectivity index (χ1) is 11.6. The minimum atomic E-state index is -0.338. The van der Waals surface area contributed by atoms with Crippen molar-refractivity contribution in [2.24, 2.45) is 0 Å². The van der Waals surface area contributed by atoms with Crippen LogP contribution in [0.15, 0.2) is 54.6 Å². The maximum absolute atomic E-state index is 12.1. The fraction of sp³-hybridized carbons (Fsp3) is 0.263. The zero-order valence-electron chi connectivity index (χ0n) is 13.7. The summed E-state index contributed by atoms with van der Waals surface area (Å²) in [7, 11) is 0. The predicted molar refractivity (Wildman–Crippen MR) is 94.4 cm³/mol. The van der Waals surface area contributed by atoms with Gasteiger partial charge in [-0.15, -0.1) is 0 Å². The molecule has 0 aliphatic carbocycles. The van der Waals surface area contributed by atoms with Crippen molar-refractivity contribution in [1.82, 2.24) is 5.32 Å². The van der Waals surface area contributed by atoms with E-state index in [1.807, 2.05) is 30.3 Å². The van der Waals surface area contributed by atoms with Gasteiger partial charge in [-0.1, -0.05) is 42.5 Å². The first-order valence-electron chi connectivity index (χ1n) is 7.92. The van der Waals surface area contributed by atoms with Gasteiger partial charge < -0.3 is 15.7 Å². The number of aliphatic hydroxyl groups is 1. The van der Waals surface area contributed by atoms with E-state index in [0.29, 0.717) is 24.2 Å². The van der Waals surface area contributed by atoms with Gasteiger partial charge in [0.2, 0.25) is 0 Å². The fourth-order valence-electron chi connectivity index (χ4n) is 2.47. The summed E-state index contributed by atoms with van der Waals surface area (Å²) in [4.78, 5) is 23.4. The Morgan fingerprint density at radius 1 is 1.08 bits per heavy atom. The van der Waals surface area contributed by atoms with E-state index >= 15 is 0 Å². The first-order valence-corrected chi connectivity index (χ1v) is 7.92. The summed E-state index contributed by atoms with van der Waals surface area (Å²) in [5.74, 6) is -0.00310. The Balaban J connectivity index is 1.94. The minimum absolute atomic E-state index is 0.0468. The second-order valence-electron chi connectivity index (χ2n) is 5.59. The Morgan fingerprint density at radius 3 is 2.50 bits per heavy atom. The smallest absolute Gasteiger partial charge is 0.319 e. The van der Waals surface area contributed by atoms with E-state index in [0.717, 1.165) is 5.56 Å². The summed E-state index contributed by atoms with van der Waals surface area (Å²) in [6.07, 6.45) is 0.574. The van der Waals surface area contributed by atoms with Crippen molar-refractivity contribution in [2.75, 3.05) is 18.5 Å². The number of hydrogen-bond acceptors (Lipinski definition) is 3. The second kappa shape index (κ2) is 8.84. The largest absolute Gasteiger partial charge is 0.396 e. The highest BCUT2D eigenvalue weighted by Crippen LogP contribution is 2.18. The van der Waals surface area contributed by atoms with Crippen LogP contribution in [0, 0.1) is 0 Å². The van der Waals surface area contributed by atoms with E-state index in [-0.39, 0.29) is 24.3 Å². The molecule has 0 bridgehead atoms. The molecule has 0 aromatic heterocycles. The quantitative estimate of drug-likeness (QED) is 0.684. The number of aliphatic hydroxyl groups excluding tert-OH is 1. The van der Waals surface area contributed by atoms with Crippen LogP contribution in [-0.2, 0) is 0 Å². The molecule has 2 aromatic carbocycles. The third-order valence-corrected chi connectivity index (χ3v) is 3.78. The minimum Gasteiger partial charge on any atom is -0.396 e. The Morgan fingerprint density at radius 2 is 1.83 bits per heavy atom. The van der Waals surface area contributed by atoms with E-state index in [4.69, 9.17) is 0 Å². The number of carbonyl (C=O) groups is 2. The molecule has 0 aliphatic rings. The van der Waals surface area contributed by atoms with Crippen molar-refractivity contribution in [3.05, 3.63) is 65.7 Å². The van der Waals surface area contributed by atoms with Crippen molar-refractivity contribution < 1.29 is 14.7 Å². The molecule has 2 rings (SSSR count). The second-order valence-corrected chi connectivity index (χ2v) is 5.59. The first kappa shape index (κ1) is 17.7. The average molecular weight is 326 g/mol. The third-order valence-electron chi connectivity index (χ3n) is 3.78. The van der Waals surface area contributed by atoms with Gasteiger partial charge in [0.25, 0.3) is 0 Å². The van der Waals surface area contributed by atoms with Gasteiger partial charge in [-0.05, 0) is 31.0 Å². The number of benzene rings is 2. The van der Waals surface area contributed by atoms with Gasteiger partial charge in [-0.2, -0.15) is 0 Å². The molecular weight excluding hydrogens is 304 g/mol. The van der Waals surface area contributed by atoms with Crippen LogP contribution in [0.2, 0.25) is 0 Å². The lowest BCUT2D eigenvalue weighted by Crippen LogP contribution is -2.32. The normalized spacial score (nSPS) is 11.6. The molecule has 0 aliphatic heterocycles. The lowest BCUT2D eigenvalue weighted by Gasteiger charge is -2.17. The number of hydrogen-bond donors (Lipinski definition) is 3. The van der Waals surface area contributed by atoms with Gasteiger partial charge >= 0.3 is 6.03 Å². The number of ketones is 1. The highest BCUT2D eigenvalue weighted by atomic mass is 16.3. The van der Waals surface area contributed by atoms with Gasteiger partial charge in [0.1, 0.15) is 0 Å². The van der Waals surface area contributed by atoms with E-state index in [1.165, 1.54) is 6.92 Å². The van der Waals surface area contributed by atoms with Gasteiger partial charge in [-0.25, -0.2) is 4.79 Å². The van der Waals surface area contributed by atoms with Crippen LogP contribution < -0.4 is 10.6 Å². The molecule has 0 saturated carbocycles. The number of amides is 2. The van der Waals surface area contributed by atoms with E-state index in [9.17, 15) is 14.7 Å². The molecule has 0 fully saturated rings. The number of carbonyl (C=O) groups excluding carboxylic acids is 2. The lowest BCUT2D eigenvalue weighted by atomic mass is 9.96. The Bertz CT molecular complexity index is 686. The summed E-state index contributed by atoms with van der Waals surface area (Å²) in [5, 5.41) is 14.8. The van der Waals surface area contributed by atoms with Crippen LogP contribution in [0.3, 0.4) is 0 Å². The zero-order chi connectivity index (χ0) is 17.4. The Labute approximate surface area is 141 Å². The zero-order valence-corrected chi connectivity index (χ0v) is 13.7. The summed E-state index contributed by atoms with van der Waals surface area (Å²) in [6, 6.07) is 16.2. The van der Waals surface area contributed by atoms with Crippen molar-refractivity contribution >= 4 is 17.5 Å². The van der Waals surface area contributed by atoms with E-state index in [1.54, 1.807) is 24.3 Å². The SMILES string of the molecule is CC(=O)c1cccc(NC(=O)NCC(CCO)c2ccccc2)c1. The maximum atomic E-state index is 12.1. The molecule has 3 N–H and O–H groups in total. The molecule has 24 heavy (non-hydrogen) atoms. The number of anilines is 1. The predicted octanol–water partition coefficient (Wildman–Crippen LogP) is 3.18. The molecule has 0 heterocycles. The van der Waals surface area contributed by atoms with Gasteiger partial charge in [-0.3, -0.25) is 4.79 Å².